The molecule has 0 aromatic carbocycles. The molecule has 0 aliphatic heterocycles. The number of hydrogen-bond acceptors (Lipinski definition) is 2. The van der Waals surface area contributed by atoms with Gasteiger partial charge in [0, 0.05) is 19.2 Å². The van der Waals surface area contributed by atoms with Crippen LogP contribution in [0.2, 0.25) is 0 Å². The quantitative estimate of drug-likeness (QED) is 0.618. The second-order valence-electron chi connectivity index (χ2n) is 4.96. The molecule has 0 aliphatic rings. The zero-order valence-electron chi connectivity index (χ0n) is 11.9. The largest absolute Gasteiger partial charge is 0.383 e. The molecule has 16 heavy (non-hydrogen) atoms. The highest BCUT2D eigenvalue weighted by Gasteiger charge is 2.15. The molecule has 2 heteroatoms. The molecule has 3 unspecified atom stereocenters. The maximum Gasteiger partial charge on any atom is 0.0615 e. The normalized spacial score (nSPS) is 17.1. The van der Waals surface area contributed by atoms with Crippen LogP contribution in [-0.4, -0.2) is 25.8 Å². The Morgan fingerprint density at radius 3 is 2.19 bits per heavy atom. The Morgan fingerprint density at radius 2 is 1.75 bits per heavy atom. The third-order valence-corrected chi connectivity index (χ3v) is 3.35. The Morgan fingerprint density at radius 1 is 1.06 bits per heavy atom. The lowest BCUT2D eigenvalue weighted by atomic mass is 9.97. The number of methoxy groups -OCH3 is 1. The van der Waals surface area contributed by atoms with Crippen LogP contribution in [0.15, 0.2) is 0 Å². The molecule has 0 amide bonds. The summed E-state index contributed by atoms with van der Waals surface area (Å²) in [6.45, 7) is 9.96. The topological polar surface area (TPSA) is 21.3 Å². The van der Waals surface area contributed by atoms with E-state index in [9.17, 15) is 0 Å². The van der Waals surface area contributed by atoms with E-state index in [0.717, 1.165) is 12.5 Å². The molecule has 0 aromatic rings. The first-order valence-electron chi connectivity index (χ1n) is 6.92. The summed E-state index contributed by atoms with van der Waals surface area (Å²) < 4.78 is 5.27. The predicted molar refractivity (Wildman–Crippen MR) is 71.9 cm³/mol. The molecule has 0 saturated carbocycles. The molecule has 0 radical (unpaired) electrons. The SMILES string of the molecule is CCCC(COC)NC(CC)CC(C)CC. The van der Waals surface area contributed by atoms with Gasteiger partial charge in [0.05, 0.1) is 6.61 Å². The third kappa shape index (κ3) is 7.24. The van der Waals surface area contributed by atoms with E-state index in [-0.39, 0.29) is 0 Å². The van der Waals surface area contributed by atoms with Crippen molar-refractivity contribution in [3.8, 4) is 0 Å². The van der Waals surface area contributed by atoms with E-state index in [1.165, 1.54) is 32.1 Å². The molecule has 0 rings (SSSR count). The van der Waals surface area contributed by atoms with Gasteiger partial charge in [0.25, 0.3) is 0 Å². The van der Waals surface area contributed by atoms with Crippen molar-refractivity contribution in [2.45, 2.75) is 71.9 Å². The van der Waals surface area contributed by atoms with Crippen molar-refractivity contribution in [2.24, 2.45) is 5.92 Å². The molecule has 3 atom stereocenters. The van der Waals surface area contributed by atoms with E-state index in [2.05, 4.69) is 33.0 Å². The monoisotopic (exact) mass is 229 g/mol. The van der Waals surface area contributed by atoms with Crippen LogP contribution in [0.1, 0.15) is 59.8 Å². The van der Waals surface area contributed by atoms with Crippen LogP contribution in [0.3, 0.4) is 0 Å². The first-order chi connectivity index (χ1) is 7.67. The van der Waals surface area contributed by atoms with Gasteiger partial charge < -0.3 is 10.1 Å². The minimum absolute atomic E-state index is 0.531. The highest BCUT2D eigenvalue weighted by Crippen LogP contribution is 2.13. The average molecular weight is 229 g/mol. The summed E-state index contributed by atoms with van der Waals surface area (Å²) >= 11 is 0. The van der Waals surface area contributed by atoms with Gasteiger partial charge in [-0.2, -0.15) is 0 Å². The summed E-state index contributed by atoms with van der Waals surface area (Å²) in [6, 6.07) is 1.19. The maximum absolute atomic E-state index is 5.27. The summed E-state index contributed by atoms with van der Waals surface area (Å²) in [5, 5.41) is 3.75. The second-order valence-corrected chi connectivity index (χ2v) is 4.96. The van der Waals surface area contributed by atoms with E-state index < -0.39 is 0 Å². The van der Waals surface area contributed by atoms with E-state index >= 15 is 0 Å². The lowest BCUT2D eigenvalue weighted by Gasteiger charge is -2.26. The van der Waals surface area contributed by atoms with Crippen LogP contribution in [0, 0.1) is 5.92 Å². The van der Waals surface area contributed by atoms with Crippen LogP contribution < -0.4 is 5.32 Å². The summed E-state index contributed by atoms with van der Waals surface area (Å²) in [4.78, 5) is 0. The number of nitrogens with one attached hydrogen (secondary N) is 1. The fraction of sp³-hybridized carbons (Fsp3) is 1.00. The Bertz CT molecular complexity index is 144. The fourth-order valence-electron chi connectivity index (χ4n) is 2.10. The standard InChI is InChI=1S/C14H31NO/c1-6-9-14(11-16-5)15-13(8-3)10-12(4)7-2/h12-15H,6-11H2,1-5H3. The highest BCUT2D eigenvalue weighted by atomic mass is 16.5. The van der Waals surface area contributed by atoms with Crippen molar-refractivity contribution in [1.82, 2.24) is 5.32 Å². The van der Waals surface area contributed by atoms with Gasteiger partial charge in [0.2, 0.25) is 0 Å². The van der Waals surface area contributed by atoms with Crippen LogP contribution in [0.4, 0.5) is 0 Å². The molecule has 0 heterocycles. The molecule has 98 valence electrons. The van der Waals surface area contributed by atoms with Gasteiger partial charge in [-0.15, -0.1) is 0 Å². The van der Waals surface area contributed by atoms with Gasteiger partial charge in [0.15, 0.2) is 0 Å². The van der Waals surface area contributed by atoms with Crippen LogP contribution in [0.25, 0.3) is 0 Å². The predicted octanol–water partition coefficient (Wildman–Crippen LogP) is 3.61. The molecule has 1 N–H and O–H groups in total. The first-order valence-corrected chi connectivity index (χ1v) is 6.92. The zero-order chi connectivity index (χ0) is 12.4. The number of ether oxygens (including phenoxy) is 1. The maximum atomic E-state index is 5.27. The second kappa shape index (κ2) is 10.1. The van der Waals surface area contributed by atoms with Gasteiger partial charge in [-0.3, -0.25) is 0 Å². The Kier molecular flexibility index (Phi) is 10.0. The van der Waals surface area contributed by atoms with Crippen molar-refractivity contribution in [1.29, 1.82) is 0 Å². The van der Waals surface area contributed by atoms with E-state index in [0.29, 0.717) is 12.1 Å². The summed E-state index contributed by atoms with van der Waals surface area (Å²) in [6.07, 6.45) is 6.22. The summed E-state index contributed by atoms with van der Waals surface area (Å²) in [7, 11) is 1.79. The average Bonchev–Trinajstić information content (AvgIpc) is 2.28. The van der Waals surface area contributed by atoms with Gasteiger partial charge in [-0.05, 0) is 25.2 Å². The molecule has 0 saturated heterocycles. The highest BCUT2D eigenvalue weighted by molar-refractivity contribution is 4.74. The smallest absolute Gasteiger partial charge is 0.0615 e. The number of rotatable bonds is 10. The molecule has 0 fully saturated rings. The van der Waals surface area contributed by atoms with E-state index in [4.69, 9.17) is 4.74 Å². The molecular weight excluding hydrogens is 198 g/mol. The Balaban J connectivity index is 4.03. The molecule has 2 nitrogen and oxygen atoms in total. The zero-order valence-corrected chi connectivity index (χ0v) is 11.9. The Labute approximate surface area is 102 Å². The molecule has 0 aromatic heterocycles. The summed E-state index contributed by atoms with van der Waals surface area (Å²) in [5.41, 5.74) is 0. The lowest BCUT2D eigenvalue weighted by molar-refractivity contribution is 0.152. The van der Waals surface area contributed by atoms with Crippen LogP contribution >= 0.6 is 0 Å². The first kappa shape index (κ1) is 15.9. The molecule has 0 spiro atoms. The van der Waals surface area contributed by atoms with Gasteiger partial charge in [-0.25, -0.2) is 0 Å². The lowest BCUT2D eigenvalue weighted by Crippen LogP contribution is -2.41. The van der Waals surface area contributed by atoms with Gasteiger partial charge in [0.1, 0.15) is 0 Å². The van der Waals surface area contributed by atoms with Crippen molar-refractivity contribution in [3.05, 3.63) is 0 Å². The fourth-order valence-corrected chi connectivity index (χ4v) is 2.10. The third-order valence-electron chi connectivity index (χ3n) is 3.35. The van der Waals surface area contributed by atoms with Crippen molar-refractivity contribution in [3.63, 3.8) is 0 Å². The van der Waals surface area contributed by atoms with Crippen LogP contribution in [0.5, 0.6) is 0 Å². The van der Waals surface area contributed by atoms with E-state index in [1.54, 1.807) is 7.11 Å². The van der Waals surface area contributed by atoms with Crippen molar-refractivity contribution >= 4 is 0 Å². The number of hydrogen-bond donors (Lipinski definition) is 1. The van der Waals surface area contributed by atoms with Crippen molar-refractivity contribution in [2.75, 3.05) is 13.7 Å². The summed E-state index contributed by atoms with van der Waals surface area (Å²) in [5.74, 6) is 0.822. The molecular formula is C14H31NO. The molecule has 0 bridgehead atoms. The van der Waals surface area contributed by atoms with Gasteiger partial charge >= 0.3 is 0 Å². The van der Waals surface area contributed by atoms with Crippen LogP contribution in [-0.2, 0) is 4.74 Å². The minimum Gasteiger partial charge on any atom is -0.383 e. The van der Waals surface area contributed by atoms with Gasteiger partial charge in [-0.1, -0.05) is 40.5 Å². The van der Waals surface area contributed by atoms with E-state index in [1.807, 2.05) is 0 Å². The van der Waals surface area contributed by atoms with Crippen molar-refractivity contribution < 1.29 is 4.74 Å². The Hall–Kier alpha value is -0.0800. The molecule has 0 aliphatic carbocycles. The minimum atomic E-state index is 0.531.